The summed E-state index contributed by atoms with van der Waals surface area (Å²) in [5.41, 5.74) is 0.125. The molecule has 5 nitrogen and oxygen atoms in total. The van der Waals surface area contributed by atoms with Gasteiger partial charge in [-0.1, -0.05) is 6.92 Å². The van der Waals surface area contributed by atoms with E-state index in [1.165, 1.54) is 13.2 Å². The molecule has 0 aliphatic rings. The highest BCUT2D eigenvalue weighted by atomic mass is 16.5. The Kier molecular flexibility index (Phi) is 3.04. The van der Waals surface area contributed by atoms with E-state index in [1.807, 2.05) is 0 Å². The van der Waals surface area contributed by atoms with Gasteiger partial charge in [-0.15, -0.1) is 0 Å². The number of aromatic hydroxyl groups is 2. The Labute approximate surface area is 86.5 Å². The Morgan fingerprint density at radius 3 is 2.47 bits per heavy atom. The van der Waals surface area contributed by atoms with Crippen LogP contribution in [0.25, 0.3) is 0 Å². The van der Waals surface area contributed by atoms with E-state index in [9.17, 15) is 15.0 Å². The Bertz CT molecular complexity index is 397. The number of hydrogen-bond acceptors (Lipinski definition) is 4. The molecule has 15 heavy (non-hydrogen) atoms. The molecule has 0 spiro atoms. The van der Waals surface area contributed by atoms with E-state index in [2.05, 4.69) is 0 Å². The second kappa shape index (κ2) is 4.08. The summed E-state index contributed by atoms with van der Waals surface area (Å²) < 4.78 is 4.91. The Morgan fingerprint density at radius 2 is 2.07 bits per heavy atom. The minimum atomic E-state index is -1.34. The lowest BCUT2D eigenvalue weighted by Gasteiger charge is -2.12. The van der Waals surface area contributed by atoms with Gasteiger partial charge in [0, 0.05) is 0 Å². The van der Waals surface area contributed by atoms with E-state index in [-0.39, 0.29) is 5.75 Å². The summed E-state index contributed by atoms with van der Waals surface area (Å²) in [7, 11) is 1.32. The number of aromatic carboxylic acids is 1. The summed E-state index contributed by atoms with van der Waals surface area (Å²) in [6.45, 7) is 1.79. The summed E-state index contributed by atoms with van der Waals surface area (Å²) in [4.78, 5) is 10.9. The Morgan fingerprint density at radius 1 is 1.47 bits per heavy atom. The van der Waals surface area contributed by atoms with E-state index in [0.717, 1.165) is 0 Å². The zero-order chi connectivity index (χ0) is 11.6. The molecule has 0 amide bonds. The van der Waals surface area contributed by atoms with E-state index in [4.69, 9.17) is 9.84 Å². The number of hydrogen-bond donors (Lipinski definition) is 3. The van der Waals surface area contributed by atoms with Crippen molar-refractivity contribution in [3.8, 4) is 17.2 Å². The first-order valence-corrected chi connectivity index (χ1v) is 4.38. The smallest absolute Gasteiger partial charge is 0.343 e. The number of benzene rings is 1. The number of carboxylic acids is 1. The largest absolute Gasteiger partial charge is 0.504 e. The molecule has 1 aromatic carbocycles. The van der Waals surface area contributed by atoms with Crippen LogP contribution in [0, 0.1) is 0 Å². The van der Waals surface area contributed by atoms with Crippen LogP contribution in [-0.2, 0) is 6.42 Å². The van der Waals surface area contributed by atoms with Gasteiger partial charge in [-0.3, -0.25) is 0 Å². The number of carbonyl (C=O) groups is 1. The van der Waals surface area contributed by atoms with Gasteiger partial charge in [0.15, 0.2) is 11.5 Å². The van der Waals surface area contributed by atoms with Crippen LogP contribution in [0.4, 0.5) is 0 Å². The molecule has 0 saturated carbocycles. The van der Waals surface area contributed by atoms with Crippen molar-refractivity contribution < 1.29 is 24.9 Å². The van der Waals surface area contributed by atoms with Crippen molar-refractivity contribution in [2.75, 3.05) is 7.11 Å². The topological polar surface area (TPSA) is 87.0 Å². The number of phenolic OH excluding ortho intramolecular Hbond substituents is 1. The van der Waals surface area contributed by atoms with Crippen LogP contribution in [0.1, 0.15) is 22.8 Å². The SMILES string of the molecule is CCc1cc(O)c(O)c(C(=O)O)c1OC. The van der Waals surface area contributed by atoms with Crippen molar-refractivity contribution in [2.45, 2.75) is 13.3 Å². The maximum atomic E-state index is 10.9. The fourth-order valence-corrected chi connectivity index (χ4v) is 1.39. The molecule has 0 radical (unpaired) electrons. The molecule has 0 saturated heterocycles. The minimum absolute atomic E-state index is 0.0836. The highest BCUT2D eigenvalue weighted by Crippen LogP contribution is 2.38. The minimum Gasteiger partial charge on any atom is -0.504 e. The van der Waals surface area contributed by atoms with E-state index >= 15 is 0 Å². The van der Waals surface area contributed by atoms with Crippen molar-refractivity contribution in [2.24, 2.45) is 0 Å². The maximum Gasteiger partial charge on any atom is 0.343 e. The first-order chi connectivity index (χ1) is 7.02. The van der Waals surface area contributed by atoms with Gasteiger partial charge in [0.2, 0.25) is 0 Å². The third kappa shape index (κ3) is 1.81. The molecule has 0 bridgehead atoms. The third-order valence-corrected chi connectivity index (χ3v) is 2.11. The molecule has 0 fully saturated rings. The van der Waals surface area contributed by atoms with Gasteiger partial charge in [-0.25, -0.2) is 4.79 Å². The summed E-state index contributed by atoms with van der Waals surface area (Å²) in [6.07, 6.45) is 0.497. The summed E-state index contributed by atoms with van der Waals surface area (Å²) in [6, 6.07) is 1.29. The molecule has 0 unspecified atom stereocenters. The predicted molar refractivity (Wildman–Crippen MR) is 52.7 cm³/mol. The highest BCUT2D eigenvalue weighted by Gasteiger charge is 2.22. The van der Waals surface area contributed by atoms with Gasteiger partial charge in [-0.05, 0) is 18.1 Å². The first kappa shape index (κ1) is 11.2. The van der Waals surface area contributed by atoms with Crippen molar-refractivity contribution >= 4 is 5.97 Å². The van der Waals surface area contributed by atoms with Gasteiger partial charge < -0.3 is 20.1 Å². The number of ether oxygens (including phenoxy) is 1. The predicted octanol–water partition coefficient (Wildman–Crippen LogP) is 1.37. The van der Waals surface area contributed by atoms with Crippen LogP contribution in [0.3, 0.4) is 0 Å². The first-order valence-electron chi connectivity index (χ1n) is 4.38. The molecule has 0 aliphatic heterocycles. The monoisotopic (exact) mass is 212 g/mol. The maximum absolute atomic E-state index is 10.9. The molecule has 0 heterocycles. The molecule has 1 rings (SSSR count). The van der Waals surface area contributed by atoms with E-state index in [0.29, 0.717) is 12.0 Å². The lowest BCUT2D eigenvalue weighted by Crippen LogP contribution is -2.04. The lowest BCUT2D eigenvalue weighted by molar-refractivity contribution is 0.0689. The molecule has 82 valence electrons. The second-order valence-corrected chi connectivity index (χ2v) is 2.97. The van der Waals surface area contributed by atoms with Gasteiger partial charge in [-0.2, -0.15) is 0 Å². The quantitative estimate of drug-likeness (QED) is 0.658. The van der Waals surface area contributed by atoms with Crippen LogP contribution < -0.4 is 4.74 Å². The van der Waals surface area contributed by atoms with Gasteiger partial charge in [0.25, 0.3) is 0 Å². The number of carboxylic acid groups (broad SMARTS) is 1. The summed E-state index contributed by atoms with van der Waals surface area (Å²) in [5, 5.41) is 27.6. The summed E-state index contributed by atoms with van der Waals surface area (Å²) in [5.74, 6) is -2.38. The molecule has 0 aliphatic carbocycles. The van der Waals surface area contributed by atoms with E-state index in [1.54, 1.807) is 6.92 Å². The molecule has 5 heteroatoms. The van der Waals surface area contributed by atoms with E-state index < -0.39 is 23.0 Å². The standard InChI is InChI=1S/C10H12O5/c1-3-5-4-6(11)8(12)7(10(13)14)9(5)15-2/h4,11-12H,3H2,1-2H3,(H,13,14). The Balaban J connectivity index is 3.56. The number of aryl methyl sites for hydroxylation is 1. The third-order valence-electron chi connectivity index (χ3n) is 2.11. The highest BCUT2D eigenvalue weighted by molar-refractivity contribution is 5.95. The van der Waals surface area contributed by atoms with Crippen LogP contribution in [-0.4, -0.2) is 28.4 Å². The van der Waals surface area contributed by atoms with Crippen LogP contribution in [0.5, 0.6) is 17.2 Å². The van der Waals surface area contributed by atoms with Crippen molar-refractivity contribution in [1.82, 2.24) is 0 Å². The normalized spacial score (nSPS) is 10.0. The molecular weight excluding hydrogens is 200 g/mol. The molecular formula is C10H12O5. The molecule has 1 aromatic rings. The second-order valence-electron chi connectivity index (χ2n) is 2.97. The lowest BCUT2D eigenvalue weighted by atomic mass is 10.0. The average Bonchev–Trinajstić information content (AvgIpc) is 2.20. The van der Waals surface area contributed by atoms with Crippen molar-refractivity contribution in [3.63, 3.8) is 0 Å². The van der Waals surface area contributed by atoms with Crippen LogP contribution in [0.2, 0.25) is 0 Å². The van der Waals surface area contributed by atoms with Crippen LogP contribution >= 0.6 is 0 Å². The fraction of sp³-hybridized carbons (Fsp3) is 0.300. The average molecular weight is 212 g/mol. The van der Waals surface area contributed by atoms with Gasteiger partial charge in [0.05, 0.1) is 7.11 Å². The van der Waals surface area contributed by atoms with Crippen molar-refractivity contribution in [3.05, 3.63) is 17.2 Å². The number of phenols is 2. The fourth-order valence-electron chi connectivity index (χ4n) is 1.39. The molecule has 3 N–H and O–H groups in total. The zero-order valence-corrected chi connectivity index (χ0v) is 8.44. The number of methoxy groups -OCH3 is 1. The van der Waals surface area contributed by atoms with Gasteiger partial charge >= 0.3 is 5.97 Å². The van der Waals surface area contributed by atoms with Crippen LogP contribution in [0.15, 0.2) is 6.07 Å². The zero-order valence-electron chi connectivity index (χ0n) is 8.44. The van der Waals surface area contributed by atoms with Crippen molar-refractivity contribution in [1.29, 1.82) is 0 Å². The molecule has 0 aromatic heterocycles. The van der Waals surface area contributed by atoms with Gasteiger partial charge in [0.1, 0.15) is 11.3 Å². The Hall–Kier alpha value is -1.91. The molecule has 0 atom stereocenters. The summed E-state index contributed by atoms with van der Waals surface area (Å²) >= 11 is 0. The number of rotatable bonds is 3.